The number of benzene rings is 1. The van der Waals surface area contributed by atoms with Crippen molar-refractivity contribution in [2.24, 2.45) is 16.0 Å². The zero-order chi connectivity index (χ0) is 21.3. The largest absolute Gasteiger partial charge is 0.437 e. The Morgan fingerprint density at radius 2 is 1.54 bits per heavy atom. The number of hydrogen-bond donors (Lipinski definition) is 1. The lowest BCUT2D eigenvalue weighted by Gasteiger charge is -2.30. The van der Waals surface area contributed by atoms with E-state index in [2.05, 4.69) is 10.5 Å². The van der Waals surface area contributed by atoms with Crippen LogP contribution in [-0.2, 0) is 9.63 Å². The molecule has 28 heavy (non-hydrogen) atoms. The summed E-state index contributed by atoms with van der Waals surface area (Å²) < 4.78 is 0. The van der Waals surface area contributed by atoms with E-state index in [4.69, 9.17) is 28.0 Å². The van der Waals surface area contributed by atoms with Gasteiger partial charge < -0.3 is 0 Å². The molecule has 150 valence electrons. The van der Waals surface area contributed by atoms with Crippen LogP contribution in [0.15, 0.2) is 46.7 Å². The average Bonchev–Trinajstić information content (AvgIpc) is 2.54. The molecule has 0 heterocycles. The van der Waals surface area contributed by atoms with Crippen LogP contribution in [0, 0.1) is 10.8 Å². The van der Waals surface area contributed by atoms with Gasteiger partial charge in [-0.2, -0.15) is 0 Å². The third kappa shape index (κ3) is 5.46. The van der Waals surface area contributed by atoms with Crippen molar-refractivity contribution in [2.75, 3.05) is 5.32 Å². The molecular weight excluding hydrogens is 399 g/mol. The van der Waals surface area contributed by atoms with Gasteiger partial charge in [0.25, 0.3) is 0 Å². The van der Waals surface area contributed by atoms with Gasteiger partial charge in [-0.15, -0.1) is 0 Å². The van der Waals surface area contributed by atoms with Crippen molar-refractivity contribution in [3.8, 4) is 0 Å². The van der Waals surface area contributed by atoms with Gasteiger partial charge in [0.15, 0.2) is 5.78 Å². The molecule has 0 radical (unpaired) electrons. The molecule has 0 fully saturated rings. The maximum Gasteiger partial charge on any atom is 0.437 e. The monoisotopic (exact) mass is 422 g/mol. The van der Waals surface area contributed by atoms with Crippen LogP contribution < -0.4 is 5.32 Å². The highest BCUT2D eigenvalue weighted by Crippen LogP contribution is 2.37. The summed E-state index contributed by atoms with van der Waals surface area (Å²) in [5.41, 5.74) is 1.23. The quantitative estimate of drug-likeness (QED) is 0.339. The minimum atomic E-state index is -0.801. The minimum Gasteiger partial charge on any atom is -0.297 e. The first-order valence-corrected chi connectivity index (χ1v) is 9.55. The number of ketones is 1. The van der Waals surface area contributed by atoms with E-state index in [1.54, 1.807) is 24.3 Å². The topological polar surface area (TPSA) is 67.8 Å². The summed E-state index contributed by atoms with van der Waals surface area (Å²) in [5, 5.41) is 7.16. The Bertz CT molecular complexity index is 865. The Balaban J connectivity index is 2.26. The molecule has 0 unspecified atom stereocenters. The Hall–Kier alpha value is -2.11. The number of carbonyl (C=O) groups excluding carboxylic acids is 2. The van der Waals surface area contributed by atoms with Crippen molar-refractivity contribution in [1.82, 2.24) is 0 Å². The van der Waals surface area contributed by atoms with Gasteiger partial charge in [-0.05, 0) is 41.2 Å². The summed E-state index contributed by atoms with van der Waals surface area (Å²) in [6.07, 6.45) is 2.50. The van der Waals surface area contributed by atoms with Gasteiger partial charge in [-0.1, -0.05) is 69.9 Å². The van der Waals surface area contributed by atoms with Crippen molar-refractivity contribution in [2.45, 2.75) is 41.5 Å². The Morgan fingerprint density at radius 1 is 1.00 bits per heavy atom. The van der Waals surface area contributed by atoms with E-state index >= 15 is 0 Å². The summed E-state index contributed by atoms with van der Waals surface area (Å²) >= 11 is 11.9. The highest BCUT2D eigenvalue weighted by atomic mass is 35.5. The van der Waals surface area contributed by atoms with E-state index < -0.39 is 6.09 Å². The first kappa shape index (κ1) is 22.2. The summed E-state index contributed by atoms with van der Waals surface area (Å²) in [6.45, 7) is 11.7. The smallest absolute Gasteiger partial charge is 0.297 e. The molecule has 1 aliphatic rings. The summed E-state index contributed by atoms with van der Waals surface area (Å²) in [6, 6.07) is 4.67. The highest BCUT2D eigenvalue weighted by molar-refractivity contribution is 6.36. The number of amides is 1. The fourth-order valence-electron chi connectivity index (χ4n) is 2.60. The van der Waals surface area contributed by atoms with E-state index in [-0.39, 0.29) is 21.6 Å². The molecule has 1 amide bonds. The normalized spacial score (nSPS) is 15.0. The Kier molecular flexibility index (Phi) is 6.41. The molecule has 0 aliphatic heterocycles. The molecule has 1 aromatic rings. The molecule has 7 heteroatoms. The molecule has 0 aromatic heterocycles. The highest BCUT2D eigenvalue weighted by Gasteiger charge is 2.34. The van der Waals surface area contributed by atoms with Gasteiger partial charge in [0.1, 0.15) is 5.71 Å². The van der Waals surface area contributed by atoms with Crippen LogP contribution in [0.1, 0.15) is 41.5 Å². The van der Waals surface area contributed by atoms with Crippen LogP contribution in [0.5, 0.6) is 0 Å². The van der Waals surface area contributed by atoms with Crippen molar-refractivity contribution in [1.29, 1.82) is 0 Å². The fraction of sp³-hybridized carbons (Fsp3) is 0.381. The minimum absolute atomic E-state index is 0.0173. The fourth-order valence-corrected chi connectivity index (χ4v) is 3.05. The van der Waals surface area contributed by atoms with Gasteiger partial charge in [-0.3, -0.25) is 14.9 Å². The molecule has 0 saturated carbocycles. The first-order valence-electron chi connectivity index (χ1n) is 8.79. The van der Waals surface area contributed by atoms with Crippen molar-refractivity contribution in [3.05, 3.63) is 51.5 Å². The lowest BCUT2D eigenvalue weighted by atomic mass is 9.72. The van der Waals surface area contributed by atoms with E-state index in [0.29, 0.717) is 27.6 Å². The second kappa shape index (κ2) is 8.10. The first-order chi connectivity index (χ1) is 12.8. The second-order valence-electron chi connectivity index (χ2n) is 8.59. The van der Waals surface area contributed by atoms with E-state index in [0.717, 1.165) is 0 Å². The van der Waals surface area contributed by atoms with E-state index in [9.17, 15) is 9.59 Å². The maximum atomic E-state index is 12.9. The summed E-state index contributed by atoms with van der Waals surface area (Å²) in [7, 11) is 0. The van der Waals surface area contributed by atoms with Crippen LogP contribution in [-0.4, -0.2) is 17.6 Å². The van der Waals surface area contributed by atoms with E-state index in [1.165, 1.54) is 6.07 Å². The molecule has 0 saturated heterocycles. The molecular formula is C21H24Cl2N2O3. The number of rotatable bonds is 2. The number of hydrogen-bond acceptors (Lipinski definition) is 4. The lowest BCUT2D eigenvalue weighted by Crippen LogP contribution is -2.29. The number of halogens is 2. The second-order valence-corrected chi connectivity index (χ2v) is 9.43. The van der Waals surface area contributed by atoms with Crippen LogP contribution in [0.4, 0.5) is 10.5 Å². The van der Waals surface area contributed by atoms with Gasteiger partial charge in [-0.25, -0.2) is 4.79 Å². The lowest BCUT2D eigenvalue weighted by molar-refractivity contribution is -0.114. The molecule has 2 rings (SSSR count). The Labute approximate surface area is 175 Å². The molecule has 0 spiro atoms. The Morgan fingerprint density at radius 3 is 2.00 bits per heavy atom. The van der Waals surface area contributed by atoms with Gasteiger partial charge >= 0.3 is 6.09 Å². The van der Waals surface area contributed by atoms with Crippen LogP contribution in [0.25, 0.3) is 0 Å². The van der Waals surface area contributed by atoms with Gasteiger partial charge in [0, 0.05) is 16.2 Å². The van der Waals surface area contributed by atoms with Crippen LogP contribution in [0.2, 0.25) is 10.0 Å². The molecule has 1 aromatic carbocycles. The number of nitrogens with one attached hydrogen (secondary N) is 1. The number of oxime groups is 1. The maximum absolute atomic E-state index is 12.9. The average molecular weight is 423 g/mol. The molecule has 0 bridgehead atoms. The number of allylic oxidation sites excluding steroid dienone is 4. The standard InChI is InChI=1S/C21H24Cl2N2O3/c1-20(2,3)14-10-13(11-15(18(14)26)21(4,5)6)25-28-19(27)24-17-8-7-12(22)9-16(17)23/h7-11H,1-6H3,(H,24,27). The zero-order valence-corrected chi connectivity index (χ0v) is 18.3. The summed E-state index contributed by atoms with van der Waals surface area (Å²) in [5.74, 6) is -0.0173. The van der Waals surface area contributed by atoms with Crippen LogP contribution in [0.3, 0.4) is 0 Å². The van der Waals surface area contributed by atoms with Crippen LogP contribution >= 0.6 is 23.2 Å². The van der Waals surface area contributed by atoms with Gasteiger partial charge in [0.05, 0.1) is 10.7 Å². The van der Waals surface area contributed by atoms with Crippen molar-refractivity contribution < 1.29 is 14.4 Å². The molecule has 0 atom stereocenters. The number of nitrogens with zero attached hydrogens (tertiary/aromatic N) is 1. The molecule has 1 aliphatic carbocycles. The third-order valence-electron chi connectivity index (χ3n) is 4.09. The third-order valence-corrected chi connectivity index (χ3v) is 4.64. The summed E-state index contributed by atoms with van der Waals surface area (Å²) in [4.78, 5) is 29.9. The molecule has 5 nitrogen and oxygen atoms in total. The number of carbonyl (C=O) groups is 2. The zero-order valence-electron chi connectivity index (χ0n) is 16.8. The molecule has 1 N–H and O–H groups in total. The number of anilines is 1. The SMILES string of the molecule is CC(C)(C)C1=CC(=NOC(=O)Nc2ccc(Cl)cc2Cl)C=C(C(C)(C)C)C1=O. The van der Waals surface area contributed by atoms with Crippen molar-refractivity contribution in [3.63, 3.8) is 0 Å². The predicted octanol–water partition coefficient (Wildman–Crippen LogP) is 6.43. The van der Waals surface area contributed by atoms with Crippen molar-refractivity contribution >= 4 is 46.5 Å². The van der Waals surface area contributed by atoms with Gasteiger partial charge in [0.2, 0.25) is 0 Å². The van der Waals surface area contributed by atoms with E-state index in [1.807, 2.05) is 41.5 Å². The predicted molar refractivity (Wildman–Crippen MR) is 114 cm³/mol. The number of Topliss-reactive ketones (excluding diaryl/α,β-unsaturated/α-hetero) is 1.